The van der Waals surface area contributed by atoms with E-state index in [9.17, 15) is 9.59 Å². The van der Waals surface area contributed by atoms with Crippen LogP contribution in [-0.4, -0.2) is 35.0 Å². The number of rotatable bonds is 8. The number of aliphatic carboxylic acids is 1. The van der Waals surface area contributed by atoms with Gasteiger partial charge in [0, 0.05) is 24.9 Å². The van der Waals surface area contributed by atoms with Crippen LogP contribution in [0.25, 0.3) is 0 Å². The van der Waals surface area contributed by atoms with Gasteiger partial charge < -0.3 is 10.0 Å². The largest absolute Gasteiger partial charge is 0.481 e. The van der Waals surface area contributed by atoms with Gasteiger partial charge in [-0.25, -0.2) is 0 Å². The molecule has 3 saturated carbocycles. The number of carbonyl (C=O) groups excluding carboxylic acids is 1. The van der Waals surface area contributed by atoms with Crippen molar-refractivity contribution in [1.82, 2.24) is 4.90 Å². The number of carbonyl (C=O) groups is 2. The predicted octanol–water partition coefficient (Wildman–Crippen LogP) is 5.07. The molecular weight excluding hydrogens is 358 g/mol. The van der Waals surface area contributed by atoms with Gasteiger partial charge in [0.2, 0.25) is 0 Å². The summed E-state index contributed by atoms with van der Waals surface area (Å²) in [5.74, 6) is 1.22. The number of amides is 1. The molecule has 1 amide bonds. The van der Waals surface area contributed by atoms with Crippen LogP contribution in [0.3, 0.4) is 0 Å². The Balaban J connectivity index is 1.66. The van der Waals surface area contributed by atoms with Crippen LogP contribution < -0.4 is 0 Å². The molecule has 0 aliphatic heterocycles. The number of thiophene rings is 1. The Kier molecular flexibility index (Phi) is 6.09. The fraction of sp³-hybridized carbons (Fsp3) is 0.636. The maximum atomic E-state index is 13.0. The minimum Gasteiger partial charge on any atom is -0.481 e. The highest BCUT2D eigenvalue weighted by molar-refractivity contribution is 7.08. The molecule has 0 saturated heterocycles. The van der Waals surface area contributed by atoms with Gasteiger partial charge in [0.25, 0.3) is 5.91 Å². The molecule has 0 unspecified atom stereocenters. The van der Waals surface area contributed by atoms with Crippen LogP contribution in [0.4, 0.5) is 0 Å². The molecule has 5 heteroatoms. The zero-order valence-electron chi connectivity index (χ0n) is 16.6. The average Bonchev–Trinajstić information content (AvgIpc) is 3.17. The lowest BCUT2D eigenvalue weighted by atomic mass is 9.44. The van der Waals surface area contributed by atoms with E-state index in [1.807, 2.05) is 28.8 Å². The molecule has 1 N–H and O–H groups in total. The first-order valence-corrected chi connectivity index (χ1v) is 10.9. The van der Waals surface area contributed by atoms with Gasteiger partial charge in [0.1, 0.15) is 0 Å². The molecule has 3 fully saturated rings. The molecule has 0 aromatic carbocycles. The van der Waals surface area contributed by atoms with Crippen LogP contribution in [0, 0.1) is 23.2 Å². The summed E-state index contributed by atoms with van der Waals surface area (Å²) in [5.41, 5.74) is 1.11. The van der Waals surface area contributed by atoms with Gasteiger partial charge in [-0.05, 0) is 66.7 Å². The number of unbranched alkanes of at least 4 members (excludes halogenated alkanes) is 1. The van der Waals surface area contributed by atoms with E-state index in [0.29, 0.717) is 23.7 Å². The molecule has 4 rings (SSSR count). The first-order valence-electron chi connectivity index (χ1n) is 9.98. The fourth-order valence-corrected chi connectivity index (χ4v) is 5.81. The van der Waals surface area contributed by atoms with Crippen molar-refractivity contribution in [3.63, 3.8) is 0 Å². The summed E-state index contributed by atoms with van der Waals surface area (Å²) in [7, 11) is 1.98. The topological polar surface area (TPSA) is 57.6 Å². The van der Waals surface area contributed by atoms with E-state index < -0.39 is 5.97 Å². The first-order chi connectivity index (χ1) is 12.8. The monoisotopic (exact) mass is 389 g/mol. The van der Waals surface area contributed by atoms with E-state index in [1.54, 1.807) is 11.3 Å². The number of nitrogens with zero attached hydrogens (tertiary/aromatic N) is 1. The third-order valence-corrected chi connectivity index (χ3v) is 7.61. The Morgan fingerprint density at radius 2 is 2.11 bits per heavy atom. The van der Waals surface area contributed by atoms with Gasteiger partial charge in [-0.15, -0.1) is 0 Å². The van der Waals surface area contributed by atoms with Crippen molar-refractivity contribution in [3.8, 4) is 0 Å². The van der Waals surface area contributed by atoms with Crippen molar-refractivity contribution in [2.24, 2.45) is 23.2 Å². The van der Waals surface area contributed by atoms with E-state index >= 15 is 0 Å². The van der Waals surface area contributed by atoms with Crippen LogP contribution in [0.1, 0.15) is 62.7 Å². The molecule has 0 spiro atoms. The number of hydrogen-bond acceptors (Lipinski definition) is 3. The Hall–Kier alpha value is -1.62. The molecule has 2 bridgehead atoms. The summed E-state index contributed by atoms with van der Waals surface area (Å²) in [4.78, 5) is 25.6. The highest BCUT2D eigenvalue weighted by Gasteiger charge is 2.58. The van der Waals surface area contributed by atoms with Gasteiger partial charge in [-0.2, -0.15) is 11.3 Å². The summed E-state index contributed by atoms with van der Waals surface area (Å²) in [6.45, 7) is 4.72. The van der Waals surface area contributed by atoms with Crippen molar-refractivity contribution in [2.45, 2.75) is 58.4 Å². The normalized spacial score (nSPS) is 28.7. The highest BCUT2D eigenvalue weighted by Crippen LogP contribution is 2.62. The lowest BCUT2D eigenvalue weighted by molar-refractivity contribution is -0.137. The molecular formula is C22H31NO3S. The molecule has 3 aliphatic carbocycles. The Morgan fingerprint density at radius 1 is 1.33 bits per heavy atom. The number of allylic oxidation sites excluding steroid dienone is 2. The molecule has 1 heterocycles. The van der Waals surface area contributed by atoms with Gasteiger partial charge in [0.15, 0.2) is 0 Å². The predicted molar refractivity (Wildman–Crippen MR) is 109 cm³/mol. The Morgan fingerprint density at radius 3 is 2.74 bits per heavy atom. The number of fused-ring (bicyclic) bond motifs is 2. The summed E-state index contributed by atoms with van der Waals surface area (Å²) in [5, 5.41) is 12.6. The average molecular weight is 390 g/mol. The Bertz CT molecular complexity index is 694. The minimum absolute atomic E-state index is 0.137. The molecule has 148 valence electrons. The van der Waals surface area contributed by atoms with E-state index in [0.717, 1.165) is 24.3 Å². The lowest BCUT2D eigenvalue weighted by Crippen LogP contribution is -2.63. The number of carboxylic acid groups (broad SMARTS) is 1. The highest BCUT2D eigenvalue weighted by atomic mass is 32.1. The van der Waals surface area contributed by atoms with Crippen molar-refractivity contribution in [2.75, 3.05) is 7.05 Å². The Labute approximate surface area is 166 Å². The van der Waals surface area contributed by atoms with Crippen LogP contribution in [0.15, 0.2) is 29.0 Å². The standard InChI is InChI=1S/C22H31NO3S/c1-22(2)17-12-15(8-6-4-5-7-9-19(24)25)20(18(22)13-17)23(3)21(26)16-10-11-27-14-16/h4,6,10-11,14-15,17-18,20H,5,7-9,12-13H2,1-3H3,(H,24,25)/b6-4-/t15-,17-,18-,20+/m0/s1. The van der Waals surface area contributed by atoms with E-state index in [-0.39, 0.29) is 18.4 Å². The van der Waals surface area contributed by atoms with Crippen molar-refractivity contribution in [1.29, 1.82) is 0 Å². The zero-order valence-corrected chi connectivity index (χ0v) is 17.4. The third kappa shape index (κ3) is 4.13. The second kappa shape index (κ2) is 8.17. The van der Waals surface area contributed by atoms with Crippen LogP contribution >= 0.6 is 11.3 Å². The van der Waals surface area contributed by atoms with E-state index in [1.165, 1.54) is 12.8 Å². The second-order valence-corrected chi connectivity index (χ2v) is 9.55. The fourth-order valence-electron chi connectivity index (χ4n) is 5.18. The molecule has 0 radical (unpaired) electrons. The lowest BCUT2D eigenvalue weighted by Gasteiger charge is -2.64. The minimum atomic E-state index is -0.730. The van der Waals surface area contributed by atoms with Crippen LogP contribution in [0.2, 0.25) is 0 Å². The van der Waals surface area contributed by atoms with Crippen molar-refractivity contribution in [3.05, 3.63) is 34.5 Å². The van der Waals surface area contributed by atoms with Crippen molar-refractivity contribution < 1.29 is 14.7 Å². The molecule has 27 heavy (non-hydrogen) atoms. The maximum absolute atomic E-state index is 13.0. The molecule has 1 aromatic heterocycles. The zero-order chi connectivity index (χ0) is 19.6. The molecule has 4 atom stereocenters. The quantitative estimate of drug-likeness (QED) is 0.499. The van der Waals surface area contributed by atoms with Gasteiger partial charge >= 0.3 is 5.97 Å². The second-order valence-electron chi connectivity index (χ2n) is 8.77. The van der Waals surface area contributed by atoms with E-state index in [2.05, 4.69) is 26.0 Å². The number of carboxylic acids is 1. The van der Waals surface area contributed by atoms with E-state index in [4.69, 9.17) is 5.11 Å². The summed E-state index contributed by atoms with van der Waals surface area (Å²) >= 11 is 1.57. The van der Waals surface area contributed by atoms with Gasteiger partial charge in [0.05, 0.1) is 5.56 Å². The summed E-state index contributed by atoms with van der Waals surface area (Å²) < 4.78 is 0. The SMILES string of the molecule is CN(C(=O)c1ccsc1)[C@@H]1[C@@H](C/C=C\CCCC(=O)O)C[C@H]2C[C@@H]1C2(C)C. The van der Waals surface area contributed by atoms with Gasteiger partial charge in [-0.3, -0.25) is 9.59 Å². The third-order valence-electron chi connectivity index (χ3n) is 6.93. The first kappa shape index (κ1) is 20.1. The van der Waals surface area contributed by atoms with Crippen LogP contribution in [0.5, 0.6) is 0 Å². The molecule has 1 aromatic rings. The molecule has 3 aliphatic rings. The van der Waals surface area contributed by atoms with Gasteiger partial charge in [-0.1, -0.05) is 26.0 Å². The maximum Gasteiger partial charge on any atom is 0.303 e. The van der Waals surface area contributed by atoms with Crippen LogP contribution in [-0.2, 0) is 4.79 Å². The number of hydrogen-bond donors (Lipinski definition) is 1. The summed E-state index contributed by atoms with van der Waals surface area (Å²) in [6, 6.07) is 2.19. The summed E-state index contributed by atoms with van der Waals surface area (Å²) in [6.07, 6.45) is 9.44. The molecule has 4 nitrogen and oxygen atoms in total. The smallest absolute Gasteiger partial charge is 0.303 e. The van der Waals surface area contributed by atoms with Crippen molar-refractivity contribution >= 4 is 23.2 Å².